The third-order valence-electron chi connectivity index (χ3n) is 3.91. The Kier molecular flexibility index (Phi) is 4.04. The molecule has 1 aliphatic carbocycles. The van der Waals surface area contributed by atoms with Crippen molar-refractivity contribution in [2.24, 2.45) is 5.92 Å². The van der Waals surface area contributed by atoms with Crippen molar-refractivity contribution < 1.29 is 4.74 Å². The zero-order valence-corrected chi connectivity index (χ0v) is 10.5. The Hall–Kier alpha value is -0.340. The zero-order chi connectivity index (χ0) is 11.4. The predicted octanol–water partition coefficient (Wildman–Crippen LogP) is 2.89. The van der Waals surface area contributed by atoms with Crippen molar-refractivity contribution >= 4 is 0 Å². The number of rotatable bonds is 7. The summed E-state index contributed by atoms with van der Waals surface area (Å²) in [6.45, 7) is 8.01. The summed E-state index contributed by atoms with van der Waals surface area (Å²) >= 11 is 0. The summed E-state index contributed by atoms with van der Waals surface area (Å²) in [6.07, 6.45) is 9.65. The van der Waals surface area contributed by atoms with Gasteiger partial charge in [0, 0.05) is 19.2 Å². The molecule has 1 N–H and O–H groups in total. The van der Waals surface area contributed by atoms with Crippen LogP contribution in [-0.4, -0.2) is 24.8 Å². The minimum atomic E-state index is 0.0985. The van der Waals surface area contributed by atoms with Crippen molar-refractivity contribution in [3.63, 3.8) is 0 Å². The predicted molar refractivity (Wildman–Crippen MR) is 67.5 cm³/mol. The van der Waals surface area contributed by atoms with Crippen LogP contribution >= 0.6 is 0 Å². The summed E-state index contributed by atoms with van der Waals surface area (Å²) in [7, 11) is 0. The standard InChI is InChI=1S/C14H25NO/c1-3-4-6-13(12-7-8-12)15-11-14(2)9-5-10-16-14/h3,12-13,15H,1,4-11H2,2H3. The SMILES string of the molecule is C=CCCC(NCC1(C)CCCO1)C1CC1. The van der Waals surface area contributed by atoms with Gasteiger partial charge in [-0.25, -0.2) is 0 Å². The highest BCUT2D eigenvalue weighted by Gasteiger charge is 2.34. The van der Waals surface area contributed by atoms with E-state index in [1.165, 1.54) is 32.1 Å². The highest BCUT2D eigenvalue weighted by Crippen LogP contribution is 2.35. The molecule has 1 saturated heterocycles. The van der Waals surface area contributed by atoms with Crippen molar-refractivity contribution in [1.82, 2.24) is 5.32 Å². The molecule has 0 radical (unpaired) electrons. The van der Waals surface area contributed by atoms with Crippen LogP contribution in [0.5, 0.6) is 0 Å². The number of hydrogen-bond acceptors (Lipinski definition) is 2. The first-order valence-electron chi connectivity index (χ1n) is 6.72. The fraction of sp³-hybridized carbons (Fsp3) is 0.857. The molecule has 2 atom stereocenters. The average Bonchev–Trinajstić information content (AvgIpc) is 3.02. The molecule has 2 rings (SSSR count). The third-order valence-corrected chi connectivity index (χ3v) is 3.91. The molecular formula is C14H25NO. The lowest BCUT2D eigenvalue weighted by atomic mass is 10.0. The lowest BCUT2D eigenvalue weighted by Crippen LogP contribution is -2.43. The van der Waals surface area contributed by atoms with Crippen LogP contribution in [0, 0.1) is 5.92 Å². The number of nitrogens with one attached hydrogen (secondary N) is 1. The first-order chi connectivity index (χ1) is 7.73. The van der Waals surface area contributed by atoms with E-state index in [-0.39, 0.29) is 5.60 Å². The second-order valence-corrected chi connectivity index (χ2v) is 5.59. The molecule has 2 heteroatoms. The van der Waals surface area contributed by atoms with Gasteiger partial charge in [0.1, 0.15) is 0 Å². The third kappa shape index (κ3) is 3.33. The molecule has 16 heavy (non-hydrogen) atoms. The van der Waals surface area contributed by atoms with E-state index in [9.17, 15) is 0 Å². The van der Waals surface area contributed by atoms with E-state index in [0.717, 1.165) is 25.5 Å². The lowest BCUT2D eigenvalue weighted by molar-refractivity contribution is 0.0180. The van der Waals surface area contributed by atoms with Crippen molar-refractivity contribution in [3.05, 3.63) is 12.7 Å². The van der Waals surface area contributed by atoms with Gasteiger partial charge in [0.05, 0.1) is 5.60 Å². The van der Waals surface area contributed by atoms with E-state index >= 15 is 0 Å². The van der Waals surface area contributed by atoms with Crippen LogP contribution < -0.4 is 5.32 Å². The van der Waals surface area contributed by atoms with Gasteiger partial charge < -0.3 is 10.1 Å². The molecule has 0 aromatic heterocycles. The fourth-order valence-electron chi connectivity index (χ4n) is 2.62. The van der Waals surface area contributed by atoms with Crippen LogP contribution in [0.3, 0.4) is 0 Å². The van der Waals surface area contributed by atoms with E-state index in [1.54, 1.807) is 0 Å². The minimum Gasteiger partial charge on any atom is -0.374 e. The molecule has 1 saturated carbocycles. The van der Waals surface area contributed by atoms with Gasteiger partial charge in [-0.3, -0.25) is 0 Å². The van der Waals surface area contributed by atoms with Crippen molar-refractivity contribution in [3.8, 4) is 0 Å². The number of ether oxygens (including phenoxy) is 1. The molecule has 2 aliphatic rings. The molecule has 0 spiro atoms. The van der Waals surface area contributed by atoms with E-state index in [2.05, 4.69) is 18.8 Å². The van der Waals surface area contributed by atoms with Crippen LogP contribution in [-0.2, 0) is 4.74 Å². The molecule has 0 aromatic rings. The Morgan fingerprint density at radius 1 is 1.56 bits per heavy atom. The van der Waals surface area contributed by atoms with Crippen molar-refractivity contribution in [2.75, 3.05) is 13.2 Å². The van der Waals surface area contributed by atoms with Gasteiger partial charge in [-0.05, 0) is 51.4 Å². The van der Waals surface area contributed by atoms with Crippen LogP contribution in [0.2, 0.25) is 0 Å². The lowest BCUT2D eigenvalue weighted by Gasteiger charge is -2.27. The van der Waals surface area contributed by atoms with Crippen molar-refractivity contribution in [2.45, 2.75) is 57.1 Å². The Labute approximate surface area is 99.4 Å². The van der Waals surface area contributed by atoms with E-state index < -0.39 is 0 Å². The van der Waals surface area contributed by atoms with Crippen molar-refractivity contribution in [1.29, 1.82) is 0 Å². The highest BCUT2D eigenvalue weighted by atomic mass is 16.5. The number of hydrogen-bond donors (Lipinski definition) is 1. The maximum Gasteiger partial charge on any atom is 0.0779 e. The van der Waals surface area contributed by atoms with Gasteiger partial charge in [-0.1, -0.05) is 6.08 Å². The van der Waals surface area contributed by atoms with Gasteiger partial charge in [-0.15, -0.1) is 6.58 Å². The van der Waals surface area contributed by atoms with Crippen LogP contribution in [0.4, 0.5) is 0 Å². The molecule has 0 aromatic carbocycles. The summed E-state index contributed by atoms with van der Waals surface area (Å²) in [5.41, 5.74) is 0.0985. The van der Waals surface area contributed by atoms with Gasteiger partial charge >= 0.3 is 0 Å². The second-order valence-electron chi connectivity index (χ2n) is 5.59. The highest BCUT2D eigenvalue weighted by molar-refractivity contribution is 4.91. The van der Waals surface area contributed by atoms with Crippen LogP contribution in [0.15, 0.2) is 12.7 Å². The molecule has 1 aliphatic heterocycles. The first kappa shape index (κ1) is 12.1. The fourth-order valence-corrected chi connectivity index (χ4v) is 2.62. The molecule has 92 valence electrons. The summed E-state index contributed by atoms with van der Waals surface area (Å²) in [5.74, 6) is 0.921. The quantitative estimate of drug-likeness (QED) is 0.670. The smallest absolute Gasteiger partial charge is 0.0779 e. The second kappa shape index (κ2) is 5.33. The summed E-state index contributed by atoms with van der Waals surface area (Å²) in [5, 5.41) is 3.73. The van der Waals surface area contributed by atoms with E-state index in [0.29, 0.717) is 6.04 Å². The summed E-state index contributed by atoms with van der Waals surface area (Å²) < 4.78 is 5.81. The molecule has 2 nitrogen and oxygen atoms in total. The minimum absolute atomic E-state index is 0.0985. The Balaban J connectivity index is 1.74. The Morgan fingerprint density at radius 3 is 2.94 bits per heavy atom. The topological polar surface area (TPSA) is 21.3 Å². The Morgan fingerprint density at radius 2 is 2.38 bits per heavy atom. The summed E-state index contributed by atoms with van der Waals surface area (Å²) in [6, 6.07) is 0.694. The van der Waals surface area contributed by atoms with Crippen LogP contribution in [0.1, 0.15) is 45.4 Å². The summed E-state index contributed by atoms with van der Waals surface area (Å²) in [4.78, 5) is 0. The molecule has 2 fully saturated rings. The molecule has 2 unspecified atom stereocenters. The largest absolute Gasteiger partial charge is 0.374 e. The average molecular weight is 223 g/mol. The van der Waals surface area contributed by atoms with Crippen LogP contribution in [0.25, 0.3) is 0 Å². The maximum atomic E-state index is 5.81. The molecule has 0 amide bonds. The number of allylic oxidation sites excluding steroid dienone is 1. The van der Waals surface area contributed by atoms with Gasteiger partial charge in [0.2, 0.25) is 0 Å². The van der Waals surface area contributed by atoms with Gasteiger partial charge in [-0.2, -0.15) is 0 Å². The maximum absolute atomic E-state index is 5.81. The molecule has 0 bridgehead atoms. The monoisotopic (exact) mass is 223 g/mol. The molecule has 1 heterocycles. The zero-order valence-electron chi connectivity index (χ0n) is 10.5. The Bertz CT molecular complexity index is 229. The van der Waals surface area contributed by atoms with E-state index in [1.807, 2.05) is 6.08 Å². The van der Waals surface area contributed by atoms with Gasteiger partial charge in [0.25, 0.3) is 0 Å². The normalized spacial score (nSPS) is 31.6. The first-order valence-corrected chi connectivity index (χ1v) is 6.72. The van der Waals surface area contributed by atoms with Gasteiger partial charge in [0.15, 0.2) is 0 Å². The molecular weight excluding hydrogens is 198 g/mol. The van der Waals surface area contributed by atoms with E-state index in [4.69, 9.17) is 4.74 Å².